The van der Waals surface area contributed by atoms with Crippen LogP contribution in [-0.2, 0) is 29.7 Å². The van der Waals surface area contributed by atoms with Crippen molar-refractivity contribution in [2.45, 2.75) is 45.3 Å². The number of nitro groups is 1. The molecule has 3 rings (SSSR count). The zero-order valence-corrected chi connectivity index (χ0v) is 20.1. The second-order valence-corrected chi connectivity index (χ2v) is 9.33. The number of halogens is 1. The third kappa shape index (κ3) is 5.34. The van der Waals surface area contributed by atoms with Crippen molar-refractivity contribution in [2.75, 3.05) is 12.4 Å². The van der Waals surface area contributed by atoms with E-state index in [-0.39, 0.29) is 40.5 Å². The molecule has 0 amide bonds. The SMILES string of the molecule is CCn1ncc(CNS(=O)(=O)c2cc(C)c([N+](=O)[O-])cc2NCc2ccc(OC)cc2F)c1C. The van der Waals surface area contributed by atoms with E-state index in [4.69, 9.17) is 4.74 Å². The fourth-order valence-corrected chi connectivity index (χ4v) is 4.70. The first kappa shape index (κ1) is 25.1. The molecule has 3 aromatic rings. The summed E-state index contributed by atoms with van der Waals surface area (Å²) in [6, 6.07) is 6.63. The lowest BCUT2D eigenvalue weighted by molar-refractivity contribution is -0.385. The highest BCUT2D eigenvalue weighted by Crippen LogP contribution is 2.31. The maximum atomic E-state index is 14.4. The Morgan fingerprint density at radius 1 is 1.18 bits per heavy atom. The van der Waals surface area contributed by atoms with E-state index in [1.165, 1.54) is 32.2 Å². The number of nitrogens with zero attached hydrogens (tertiary/aromatic N) is 3. The van der Waals surface area contributed by atoms with E-state index in [1.54, 1.807) is 16.9 Å². The van der Waals surface area contributed by atoms with Gasteiger partial charge in [0.2, 0.25) is 10.0 Å². The van der Waals surface area contributed by atoms with Crippen molar-refractivity contribution in [3.63, 3.8) is 0 Å². The van der Waals surface area contributed by atoms with Gasteiger partial charge in [0.25, 0.3) is 5.69 Å². The lowest BCUT2D eigenvalue weighted by atomic mass is 10.1. The van der Waals surface area contributed by atoms with E-state index in [2.05, 4.69) is 15.1 Å². The molecule has 0 saturated carbocycles. The summed E-state index contributed by atoms with van der Waals surface area (Å²) in [4.78, 5) is 10.7. The quantitative estimate of drug-likeness (QED) is 0.327. The third-order valence-electron chi connectivity index (χ3n) is 5.47. The van der Waals surface area contributed by atoms with Crippen LogP contribution in [0, 0.1) is 29.8 Å². The fraction of sp³-hybridized carbons (Fsp3) is 0.318. The third-order valence-corrected chi connectivity index (χ3v) is 6.91. The Morgan fingerprint density at radius 3 is 2.50 bits per heavy atom. The number of nitrogens with one attached hydrogen (secondary N) is 2. The van der Waals surface area contributed by atoms with E-state index in [0.29, 0.717) is 17.9 Å². The molecule has 0 saturated heterocycles. The van der Waals surface area contributed by atoms with Crippen LogP contribution in [0.25, 0.3) is 0 Å². The maximum Gasteiger partial charge on any atom is 0.274 e. The number of sulfonamides is 1. The molecule has 1 aromatic heterocycles. The summed E-state index contributed by atoms with van der Waals surface area (Å²) in [6.45, 7) is 5.77. The van der Waals surface area contributed by atoms with E-state index in [0.717, 1.165) is 11.8 Å². The summed E-state index contributed by atoms with van der Waals surface area (Å²) in [7, 11) is -2.67. The topological polar surface area (TPSA) is 128 Å². The molecular weight excluding hydrogens is 465 g/mol. The van der Waals surface area contributed by atoms with Crippen LogP contribution in [0.5, 0.6) is 5.75 Å². The number of aryl methyl sites for hydroxylation is 2. The first-order chi connectivity index (χ1) is 16.1. The van der Waals surface area contributed by atoms with E-state index in [1.807, 2.05) is 13.8 Å². The lowest BCUT2D eigenvalue weighted by Gasteiger charge is -2.15. The van der Waals surface area contributed by atoms with Crippen LogP contribution >= 0.6 is 0 Å². The highest BCUT2D eigenvalue weighted by Gasteiger charge is 2.24. The van der Waals surface area contributed by atoms with E-state index in [9.17, 15) is 22.9 Å². The van der Waals surface area contributed by atoms with Gasteiger partial charge in [-0.2, -0.15) is 5.10 Å². The molecule has 1 heterocycles. The van der Waals surface area contributed by atoms with Gasteiger partial charge in [0.05, 0.1) is 23.9 Å². The van der Waals surface area contributed by atoms with Crippen molar-refractivity contribution in [3.05, 3.63) is 74.8 Å². The highest BCUT2D eigenvalue weighted by atomic mass is 32.2. The minimum atomic E-state index is -4.08. The molecular formula is C22H26FN5O5S. The number of hydrogen-bond acceptors (Lipinski definition) is 7. The molecule has 2 aromatic carbocycles. The summed E-state index contributed by atoms with van der Waals surface area (Å²) in [6.07, 6.45) is 1.59. The first-order valence-electron chi connectivity index (χ1n) is 10.4. The number of methoxy groups -OCH3 is 1. The second-order valence-electron chi connectivity index (χ2n) is 7.60. The molecule has 2 N–H and O–H groups in total. The van der Waals surface area contributed by atoms with Gasteiger partial charge in [-0.15, -0.1) is 0 Å². The average molecular weight is 492 g/mol. The Balaban J connectivity index is 1.92. The van der Waals surface area contributed by atoms with E-state index < -0.39 is 20.8 Å². The van der Waals surface area contributed by atoms with Gasteiger partial charge in [-0.25, -0.2) is 17.5 Å². The number of ether oxygens (including phenoxy) is 1. The molecule has 0 bridgehead atoms. The largest absolute Gasteiger partial charge is 0.497 e. The number of nitro benzene ring substituents is 1. The Morgan fingerprint density at radius 2 is 1.91 bits per heavy atom. The normalized spacial score (nSPS) is 11.4. The van der Waals surface area contributed by atoms with Crippen molar-refractivity contribution < 1.29 is 22.5 Å². The van der Waals surface area contributed by atoms with Crippen molar-refractivity contribution in [1.29, 1.82) is 0 Å². The van der Waals surface area contributed by atoms with Crippen LogP contribution in [0.1, 0.15) is 29.3 Å². The summed E-state index contributed by atoms with van der Waals surface area (Å²) in [5, 5.41) is 18.5. The van der Waals surface area contributed by atoms with Gasteiger partial charge in [0, 0.05) is 54.2 Å². The molecule has 0 unspecified atom stereocenters. The minimum absolute atomic E-state index is 0.00322. The predicted octanol–water partition coefficient (Wildman–Crippen LogP) is 3.67. The number of rotatable bonds is 10. The van der Waals surface area contributed by atoms with Gasteiger partial charge in [0.1, 0.15) is 16.5 Å². The standard InChI is InChI=1S/C22H26FN5O5S/c1-5-27-15(3)17(12-25-27)13-26-34(31,32)22-8-14(2)21(28(29)30)10-20(22)24-11-16-6-7-18(33-4)9-19(16)23/h6-10,12,24,26H,5,11,13H2,1-4H3. The minimum Gasteiger partial charge on any atom is -0.497 e. The van der Waals surface area contributed by atoms with Crippen LogP contribution in [0.4, 0.5) is 15.8 Å². The van der Waals surface area contributed by atoms with E-state index >= 15 is 0 Å². The maximum absolute atomic E-state index is 14.4. The molecule has 182 valence electrons. The molecule has 0 fully saturated rings. The molecule has 0 atom stereocenters. The lowest BCUT2D eigenvalue weighted by Crippen LogP contribution is -2.25. The van der Waals surface area contributed by atoms with Gasteiger partial charge < -0.3 is 10.1 Å². The summed E-state index contributed by atoms with van der Waals surface area (Å²) < 4.78 is 50.0. The zero-order valence-electron chi connectivity index (χ0n) is 19.3. The van der Waals surface area contributed by atoms with Crippen molar-refractivity contribution in [2.24, 2.45) is 0 Å². The highest BCUT2D eigenvalue weighted by molar-refractivity contribution is 7.89. The molecule has 34 heavy (non-hydrogen) atoms. The number of hydrogen-bond donors (Lipinski definition) is 2. The Bertz CT molecular complexity index is 1320. The molecule has 0 spiro atoms. The average Bonchev–Trinajstić information content (AvgIpc) is 3.16. The Labute approximate surface area is 196 Å². The first-order valence-corrected chi connectivity index (χ1v) is 11.9. The smallest absolute Gasteiger partial charge is 0.274 e. The Hall–Kier alpha value is -3.51. The number of benzene rings is 2. The van der Waals surface area contributed by atoms with Crippen molar-refractivity contribution in [1.82, 2.24) is 14.5 Å². The van der Waals surface area contributed by atoms with Gasteiger partial charge >= 0.3 is 0 Å². The van der Waals surface area contributed by atoms with Crippen LogP contribution in [0.2, 0.25) is 0 Å². The van der Waals surface area contributed by atoms with Gasteiger partial charge in [-0.1, -0.05) is 6.07 Å². The van der Waals surface area contributed by atoms with Crippen LogP contribution in [0.15, 0.2) is 41.4 Å². The molecule has 0 aliphatic carbocycles. The summed E-state index contributed by atoms with van der Waals surface area (Å²) >= 11 is 0. The van der Waals surface area contributed by atoms with Gasteiger partial charge in [0.15, 0.2) is 0 Å². The molecule has 12 heteroatoms. The Kier molecular flexibility index (Phi) is 7.52. The van der Waals surface area contributed by atoms with Crippen molar-refractivity contribution in [3.8, 4) is 5.75 Å². The summed E-state index contributed by atoms with van der Waals surface area (Å²) in [5.74, 6) is -0.221. The zero-order chi connectivity index (χ0) is 25.0. The molecule has 0 aliphatic heterocycles. The number of aromatic nitrogens is 2. The van der Waals surface area contributed by atoms with Crippen LogP contribution in [0.3, 0.4) is 0 Å². The molecule has 0 radical (unpaired) electrons. The number of anilines is 1. The second kappa shape index (κ2) is 10.2. The summed E-state index contributed by atoms with van der Waals surface area (Å²) in [5.41, 5.74) is 1.69. The monoisotopic (exact) mass is 491 g/mol. The molecule has 10 nitrogen and oxygen atoms in total. The van der Waals surface area contributed by atoms with Gasteiger partial charge in [-0.05, 0) is 32.9 Å². The molecule has 0 aliphatic rings. The van der Waals surface area contributed by atoms with Crippen molar-refractivity contribution >= 4 is 21.4 Å². The van der Waals surface area contributed by atoms with Crippen LogP contribution in [-0.4, -0.2) is 30.2 Å². The fourth-order valence-electron chi connectivity index (χ4n) is 3.44. The predicted molar refractivity (Wildman–Crippen MR) is 125 cm³/mol. The van der Waals surface area contributed by atoms with Gasteiger partial charge in [-0.3, -0.25) is 14.8 Å². The van der Waals surface area contributed by atoms with Crippen LogP contribution < -0.4 is 14.8 Å².